The highest BCUT2D eigenvalue weighted by Gasteiger charge is 2.08. The molecule has 0 amide bonds. The van der Waals surface area contributed by atoms with E-state index in [0.29, 0.717) is 13.0 Å². The minimum absolute atomic E-state index is 0.140. The summed E-state index contributed by atoms with van der Waals surface area (Å²) in [4.78, 5) is 12.8. The predicted molar refractivity (Wildman–Crippen MR) is 61.0 cm³/mol. The third-order valence-electron chi connectivity index (χ3n) is 2.12. The van der Waals surface area contributed by atoms with E-state index in [1.54, 1.807) is 11.8 Å². The first kappa shape index (κ1) is 11.3. The second kappa shape index (κ2) is 5.17. The van der Waals surface area contributed by atoms with E-state index in [1.807, 2.05) is 31.4 Å². The van der Waals surface area contributed by atoms with E-state index >= 15 is 0 Å². The Bertz CT molecular complexity index is 336. The summed E-state index contributed by atoms with van der Waals surface area (Å²) in [5.74, 6) is 0.140. The van der Waals surface area contributed by atoms with Crippen LogP contribution in [-0.4, -0.2) is 18.6 Å². The zero-order chi connectivity index (χ0) is 10.6. The van der Waals surface area contributed by atoms with Gasteiger partial charge in [-0.25, -0.2) is 0 Å². The molecule has 0 radical (unpaired) electrons. The molecule has 1 aromatic rings. The number of benzene rings is 1. The van der Waals surface area contributed by atoms with Crippen LogP contribution in [0.2, 0.25) is 0 Å². The van der Waals surface area contributed by atoms with Crippen LogP contribution in [0.15, 0.2) is 23.1 Å². The monoisotopic (exact) mass is 209 g/mol. The van der Waals surface area contributed by atoms with E-state index in [2.05, 4.69) is 0 Å². The second-order valence-electron chi connectivity index (χ2n) is 3.14. The molecule has 0 unspecified atom stereocenters. The number of thioether (sulfide) groups is 1. The molecular weight excluding hydrogens is 194 g/mol. The summed E-state index contributed by atoms with van der Waals surface area (Å²) in [6, 6.07) is 5.95. The standard InChI is InChI=1S/C11H15NOS/c1-8-3-4-9(14-2)7-10(8)11(13)5-6-12/h3-4,7H,5-6,12H2,1-2H3. The molecule has 2 N–H and O–H groups in total. The number of aryl methyl sites for hydroxylation is 1. The molecule has 3 heteroatoms. The molecule has 1 rings (SSSR count). The van der Waals surface area contributed by atoms with Crippen molar-refractivity contribution >= 4 is 17.5 Å². The average Bonchev–Trinajstić information content (AvgIpc) is 2.19. The summed E-state index contributed by atoms with van der Waals surface area (Å²) in [5, 5.41) is 0. The second-order valence-corrected chi connectivity index (χ2v) is 4.02. The highest BCUT2D eigenvalue weighted by atomic mass is 32.2. The highest BCUT2D eigenvalue weighted by Crippen LogP contribution is 2.19. The zero-order valence-corrected chi connectivity index (χ0v) is 9.36. The van der Waals surface area contributed by atoms with E-state index < -0.39 is 0 Å². The van der Waals surface area contributed by atoms with E-state index in [-0.39, 0.29) is 5.78 Å². The van der Waals surface area contributed by atoms with Crippen LogP contribution in [0.1, 0.15) is 22.3 Å². The molecule has 0 aliphatic heterocycles. The molecule has 0 spiro atoms. The summed E-state index contributed by atoms with van der Waals surface area (Å²) in [5.41, 5.74) is 7.20. The number of nitrogens with two attached hydrogens (primary N) is 1. The van der Waals surface area contributed by atoms with Crippen molar-refractivity contribution in [1.82, 2.24) is 0 Å². The number of hydrogen-bond acceptors (Lipinski definition) is 3. The van der Waals surface area contributed by atoms with Crippen molar-refractivity contribution in [2.45, 2.75) is 18.2 Å². The Morgan fingerprint density at radius 2 is 2.21 bits per heavy atom. The van der Waals surface area contributed by atoms with Crippen LogP contribution in [0.5, 0.6) is 0 Å². The van der Waals surface area contributed by atoms with Crippen LogP contribution in [0.3, 0.4) is 0 Å². The van der Waals surface area contributed by atoms with Gasteiger partial charge in [-0.1, -0.05) is 6.07 Å². The van der Waals surface area contributed by atoms with Gasteiger partial charge >= 0.3 is 0 Å². The average molecular weight is 209 g/mol. The molecule has 0 saturated heterocycles. The summed E-state index contributed by atoms with van der Waals surface area (Å²) >= 11 is 1.64. The van der Waals surface area contributed by atoms with Gasteiger partial charge in [0.05, 0.1) is 0 Å². The van der Waals surface area contributed by atoms with Gasteiger partial charge in [0.15, 0.2) is 5.78 Å². The van der Waals surface area contributed by atoms with E-state index in [4.69, 9.17) is 5.73 Å². The molecule has 0 bridgehead atoms. The van der Waals surface area contributed by atoms with E-state index in [9.17, 15) is 4.79 Å². The molecule has 0 aromatic heterocycles. The minimum atomic E-state index is 0.140. The lowest BCUT2D eigenvalue weighted by Gasteiger charge is -2.05. The summed E-state index contributed by atoms with van der Waals surface area (Å²) < 4.78 is 0. The summed E-state index contributed by atoms with van der Waals surface area (Å²) in [7, 11) is 0. The van der Waals surface area contributed by atoms with Crippen molar-refractivity contribution < 1.29 is 4.79 Å². The number of carbonyl (C=O) groups excluding carboxylic acids is 1. The minimum Gasteiger partial charge on any atom is -0.330 e. The van der Waals surface area contributed by atoms with Crippen LogP contribution >= 0.6 is 11.8 Å². The van der Waals surface area contributed by atoms with Gasteiger partial charge in [-0.3, -0.25) is 4.79 Å². The molecule has 0 atom stereocenters. The van der Waals surface area contributed by atoms with Crippen LogP contribution < -0.4 is 5.73 Å². The first-order chi connectivity index (χ1) is 6.69. The summed E-state index contributed by atoms with van der Waals surface area (Å²) in [6.07, 6.45) is 2.43. The first-order valence-corrected chi connectivity index (χ1v) is 5.79. The van der Waals surface area contributed by atoms with Crippen LogP contribution in [-0.2, 0) is 0 Å². The van der Waals surface area contributed by atoms with Crippen LogP contribution in [0.25, 0.3) is 0 Å². The Kier molecular flexibility index (Phi) is 4.17. The van der Waals surface area contributed by atoms with Gasteiger partial charge in [-0.2, -0.15) is 0 Å². The Labute approximate surface area is 88.9 Å². The normalized spacial score (nSPS) is 10.2. The number of rotatable bonds is 4. The number of carbonyl (C=O) groups is 1. The van der Waals surface area contributed by atoms with Crippen molar-refractivity contribution in [3.05, 3.63) is 29.3 Å². The van der Waals surface area contributed by atoms with Crippen LogP contribution in [0.4, 0.5) is 0 Å². The zero-order valence-electron chi connectivity index (χ0n) is 8.54. The van der Waals surface area contributed by atoms with Gasteiger partial charge in [-0.05, 0) is 37.4 Å². The molecule has 0 saturated carbocycles. The van der Waals surface area contributed by atoms with Gasteiger partial charge in [0, 0.05) is 16.9 Å². The highest BCUT2D eigenvalue weighted by molar-refractivity contribution is 7.98. The number of Topliss-reactive ketones (excluding diaryl/α,β-unsaturated/α-hetero) is 1. The fraction of sp³-hybridized carbons (Fsp3) is 0.364. The lowest BCUT2D eigenvalue weighted by atomic mass is 10.0. The van der Waals surface area contributed by atoms with E-state index in [1.165, 1.54) is 0 Å². The maximum Gasteiger partial charge on any atom is 0.164 e. The van der Waals surface area contributed by atoms with Crippen molar-refractivity contribution in [2.24, 2.45) is 5.73 Å². The Balaban J connectivity index is 2.99. The number of ketones is 1. The SMILES string of the molecule is CSc1ccc(C)c(C(=O)CCN)c1. The number of hydrogen-bond donors (Lipinski definition) is 1. The van der Waals surface area contributed by atoms with Gasteiger partial charge in [-0.15, -0.1) is 11.8 Å². The third-order valence-corrected chi connectivity index (χ3v) is 2.84. The smallest absolute Gasteiger partial charge is 0.164 e. The fourth-order valence-electron chi connectivity index (χ4n) is 1.29. The fourth-order valence-corrected chi connectivity index (χ4v) is 1.73. The topological polar surface area (TPSA) is 43.1 Å². The molecule has 14 heavy (non-hydrogen) atoms. The first-order valence-electron chi connectivity index (χ1n) is 4.57. The lowest BCUT2D eigenvalue weighted by molar-refractivity contribution is 0.0984. The Morgan fingerprint density at radius 1 is 1.50 bits per heavy atom. The predicted octanol–water partition coefficient (Wildman–Crippen LogP) is 2.25. The van der Waals surface area contributed by atoms with Gasteiger partial charge in [0.2, 0.25) is 0 Å². The summed E-state index contributed by atoms with van der Waals surface area (Å²) in [6.45, 7) is 2.37. The molecular formula is C11H15NOS. The van der Waals surface area contributed by atoms with Crippen molar-refractivity contribution in [1.29, 1.82) is 0 Å². The maximum absolute atomic E-state index is 11.6. The van der Waals surface area contributed by atoms with Crippen molar-refractivity contribution in [3.63, 3.8) is 0 Å². The molecule has 2 nitrogen and oxygen atoms in total. The maximum atomic E-state index is 11.6. The van der Waals surface area contributed by atoms with Crippen molar-refractivity contribution in [2.75, 3.05) is 12.8 Å². The molecule has 0 heterocycles. The quantitative estimate of drug-likeness (QED) is 0.611. The van der Waals surface area contributed by atoms with Crippen LogP contribution in [0, 0.1) is 6.92 Å². The lowest BCUT2D eigenvalue weighted by Crippen LogP contribution is -2.09. The van der Waals surface area contributed by atoms with Gasteiger partial charge < -0.3 is 5.73 Å². The Hall–Kier alpha value is -0.800. The molecule has 1 aromatic carbocycles. The molecule has 0 aliphatic rings. The van der Waals surface area contributed by atoms with Gasteiger partial charge in [0.1, 0.15) is 0 Å². The molecule has 0 aliphatic carbocycles. The molecule has 76 valence electrons. The van der Waals surface area contributed by atoms with Gasteiger partial charge in [0.25, 0.3) is 0 Å². The van der Waals surface area contributed by atoms with Crippen molar-refractivity contribution in [3.8, 4) is 0 Å². The van der Waals surface area contributed by atoms with E-state index in [0.717, 1.165) is 16.0 Å². The Morgan fingerprint density at radius 3 is 2.79 bits per heavy atom. The largest absolute Gasteiger partial charge is 0.330 e. The third kappa shape index (κ3) is 2.59. The molecule has 0 fully saturated rings.